The van der Waals surface area contributed by atoms with E-state index in [0.717, 1.165) is 16.9 Å². The Hall–Kier alpha value is -2.08. The monoisotopic (exact) mass is 452 g/mol. The molecule has 0 radical (unpaired) electrons. The molecule has 8 nitrogen and oxygen atoms in total. The first-order chi connectivity index (χ1) is 13.9. The number of carbonyl (C=O) groups excluding carboxylic acids is 1. The summed E-state index contributed by atoms with van der Waals surface area (Å²) in [5.74, 6) is -0.360. The number of aromatic nitrogens is 2. The lowest BCUT2D eigenvalue weighted by atomic mass is 9.97. The second kappa shape index (κ2) is 7.98. The summed E-state index contributed by atoms with van der Waals surface area (Å²) in [6.45, 7) is 2.99. The number of hydrogen-bond acceptors (Lipinski definition) is 7. The molecule has 1 aromatic carbocycles. The minimum absolute atomic E-state index is 0.0934. The molecule has 1 aliphatic heterocycles. The molecule has 3 heterocycles. The lowest BCUT2D eigenvalue weighted by Gasteiger charge is -2.30. The molecule has 0 bridgehead atoms. The maximum Gasteiger partial charge on any atom is 0.308 e. The standard InChI is InChI=1S/C18H20N4O4S3/c1-2-22-14-4-3-13(11-15(14)28-18(22)24)29(25,26)21-8-5-12(6-9-21)16(23)20-17-19-7-10-27-17/h3-4,7,10-12H,2,5-6,8-9H2,1H3,(H,19,20,23). The summed E-state index contributed by atoms with van der Waals surface area (Å²) >= 11 is 2.40. The quantitative estimate of drug-likeness (QED) is 0.641. The Labute approximate surface area is 175 Å². The normalized spacial score (nSPS) is 16.3. The molecule has 154 valence electrons. The minimum Gasteiger partial charge on any atom is -0.302 e. The molecule has 1 aliphatic rings. The number of hydrogen-bond donors (Lipinski definition) is 1. The summed E-state index contributed by atoms with van der Waals surface area (Å²) in [5.41, 5.74) is 0.749. The van der Waals surface area contributed by atoms with Crippen molar-refractivity contribution >= 4 is 54.0 Å². The molecule has 29 heavy (non-hydrogen) atoms. The number of benzene rings is 1. The van der Waals surface area contributed by atoms with Gasteiger partial charge in [-0.2, -0.15) is 4.31 Å². The van der Waals surface area contributed by atoms with Gasteiger partial charge in [-0.05, 0) is 38.0 Å². The number of amides is 1. The fourth-order valence-electron chi connectivity index (χ4n) is 3.51. The molecule has 1 N–H and O–H groups in total. The third-order valence-corrected chi connectivity index (χ3v) is 8.61. The molecule has 3 aromatic rings. The second-order valence-corrected chi connectivity index (χ2v) is 10.6. The Morgan fingerprint density at radius 3 is 2.72 bits per heavy atom. The first-order valence-electron chi connectivity index (χ1n) is 9.24. The summed E-state index contributed by atoms with van der Waals surface area (Å²) in [6.07, 6.45) is 2.54. The van der Waals surface area contributed by atoms with Gasteiger partial charge in [0.15, 0.2) is 5.13 Å². The van der Waals surface area contributed by atoms with Crippen molar-refractivity contribution < 1.29 is 13.2 Å². The van der Waals surface area contributed by atoms with Crippen LogP contribution in [0.2, 0.25) is 0 Å². The molecule has 0 aliphatic carbocycles. The van der Waals surface area contributed by atoms with Gasteiger partial charge >= 0.3 is 4.87 Å². The zero-order valence-corrected chi connectivity index (χ0v) is 18.1. The van der Waals surface area contributed by atoms with E-state index in [-0.39, 0.29) is 34.7 Å². The third kappa shape index (κ3) is 3.87. The van der Waals surface area contributed by atoms with Crippen LogP contribution < -0.4 is 10.2 Å². The number of piperidine rings is 1. The van der Waals surface area contributed by atoms with Crippen molar-refractivity contribution in [3.8, 4) is 0 Å². The van der Waals surface area contributed by atoms with Gasteiger partial charge < -0.3 is 5.32 Å². The van der Waals surface area contributed by atoms with E-state index in [4.69, 9.17) is 0 Å². The molecule has 0 unspecified atom stereocenters. The van der Waals surface area contributed by atoms with Crippen LogP contribution in [0, 0.1) is 5.92 Å². The molecule has 0 spiro atoms. The lowest BCUT2D eigenvalue weighted by molar-refractivity contribution is -0.120. The number of sulfonamides is 1. The molecule has 2 aromatic heterocycles. The number of thiazole rings is 2. The fraction of sp³-hybridized carbons (Fsp3) is 0.389. The van der Waals surface area contributed by atoms with Gasteiger partial charge in [-0.15, -0.1) is 11.3 Å². The largest absolute Gasteiger partial charge is 0.308 e. The summed E-state index contributed by atoms with van der Waals surface area (Å²) in [5, 5.41) is 5.12. The Morgan fingerprint density at radius 1 is 1.31 bits per heavy atom. The Morgan fingerprint density at radius 2 is 2.07 bits per heavy atom. The maximum atomic E-state index is 13.1. The number of rotatable bonds is 5. The van der Waals surface area contributed by atoms with Crippen LogP contribution in [0.4, 0.5) is 5.13 Å². The SMILES string of the molecule is CCn1c(=O)sc2cc(S(=O)(=O)N3CCC(C(=O)Nc4nccs4)CC3)ccc21. The van der Waals surface area contributed by atoms with Crippen molar-refractivity contribution in [1.82, 2.24) is 13.9 Å². The van der Waals surface area contributed by atoms with Crippen LogP contribution in [0.1, 0.15) is 19.8 Å². The van der Waals surface area contributed by atoms with Gasteiger partial charge in [-0.1, -0.05) is 11.3 Å². The number of aryl methyl sites for hydroxylation is 1. The summed E-state index contributed by atoms with van der Waals surface area (Å²) in [7, 11) is -3.68. The van der Waals surface area contributed by atoms with E-state index in [9.17, 15) is 18.0 Å². The predicted octanol–water partition coefficient (Wildman–Crippen LogP) is 2.58. The molecular weight excluding hydrogens is 432 g/mol. The number of anilines is 1. The molecule has 1 fully saturated rings. The first-order valence-corrected chi connectivity index (χ1v) is 12.4. The van der Waals surface area contributed by atoms with Crippen molar-refractivity contribution in [3.63, 3.8) is 0 Å². The van der Waals surface area contributed by atoms with E-state index < -0.39 is 10.0 Å². The van der Waals surface area contributed by atoms with E-state index >= 15 is 0 Å². The zero-order chi connectivity index (χ0) is 20.6. The molecule has 0 atom stereocenters. The van der Waals surface area contributed by atoms with Crippen LogP contribution in [0.3, 0.4) is 0 Å². The molecule has 4 rings (SSSR count). The van der Waals surface area contributed by atoms with E-state index in [1.54, 1.807) is 34.3 Å². The number of nitrogens with one attached hydrogen (secondary N) is 1. The van der Waals surface area contributed by atoms with Crippen molar-refractivity contribution in [3.05, 3.63) is 39.4 Å². The Balaban J connectivity index is 1.48. The van der Waals surface area contributed by atoms with E-state index in [0.29, 0.717) is 29.2 Å². The Kier molecular flexibility index (Phi) is 5.56. The van der Waals surface area contributed by atoms with Gasteiger partial charge in [-0.3, -0.25) is 14.2 Å². The van der Waals surface area contributed by atoms with Crippen LogP contribution in [-0.2, 0) is 21.4 Å². The van der Waals surface area contributed by atoms with Crippen LogP contribution in [0.5, 0.6) is 0 Å². The van der Waals surface area contributed by atoms with Crippen molar-refractivity contribution in [2.45, 2.75) is 31.2 Å². The average molecular weight is 453 g/mol. The minimum atomic E-state index is -3.68. The molecule has 1 amide bonds. The van der Waals surface area contributed by atoms with Crippen LogP contribution >= 0.6 is 22.7 Å². The van der Waals surface area contributed by atoms with Crippen LogP contribution in [0.25, 0.3) is 10.2 Å². The van der Waals surface area contributed by atoms with E-state index in [2.05, 4.69) is 10.3 Å². The van der Waals surface area contributed by atoms with E-state index in [1.165, 1.54) is 15.6 Å². The maximum absolute atomic E-state index is 13.1. The van der Waals surface area contributed by atoms with Gasteiger partial charge in [0.25, 0.3) is 0 Å². The lowest BCUT2D eigenvalue weighted by Crippen LogP contribution is -2.41. The number of carbonyl (C=O) groups is 1. The topological polar surface area (TPSA) is 101 Å². The van der Waals surface area contributed by atoms with Gasteiger partial charge in [0.05, 0.1) is 15.1 Å². The number of nitrogens with zero attached hydrogens (tertiary/aromatic N) is 3. The van der Waals surface area contributed by atoms with Gasteiger partial charge in [0.2, 0.25) is 15.9 Å². The highest BCUT2D eigenvalue weighted by atomic mass is 32.2. The summed E-state index contributed by atoms with van der Waals surface area (Å²) in [6, 6.07) is 4.82. The highest BCUT2D eigenvalue weighted by Crippen LogP contribution is 2.28. The third-order valence-electron chi connectivity index (χ3n) is 5.08. The predicted molar refractivity (Wildman–Crippen MR) is 114 cm³/mol. The van der Waals surface area contributed by atoms with Gasteiger partial charge in [0, 0.05) is 37.1 Å². The zero-order valence-electron chi connectivity index (χ0n) is 15.7. The van der Waals surface area contributed by atoms with Crippen LogP contribution in [0.15, 0.2) is 39.5 Å². The highest BCUT2D eigenvalue weighted by molar-refractivity contribution is 7.89. The van der Waals surface area contributed by atoms with Crippen molar-refractivity contribution in [2.75, 3.05) is 18.4 Å². The van der Waals surface area contributed by atoms with Crippen molar-refractivity contribution in [1.29, 1.82) is 0 Å². The highest BCUT2D eigenvalue weighted by Gasteiger charge is 2.32. The van der Waals surface area contributed by atoms with Crippen LogP contribution in [-0.4, -0.2) is 41.3 Å². The molecular formula is C18H20N4O4S3. The van der Waals surface area contributed by atoms with Crippen molar-refractivity contribution in [2.24, 2.45) is 5.92 Å². The van der Waals surface area contributed by atoms with Gasteiger partial charge in [0.1, 0.15) is 0 Å². The smallest absolute Gasteiger partial charge is 0.302 e. The van der Waals surface area contributed by atoms with E-state index in [1.807, 2.05) is 6.92 Å². The Bertz CT molecular complexity index is 1190. The average Bonchev–Trinajstić information content (AvgIpc) is 3.33. The van der Waals surface area contributed by atoms with Gasteiger partial charge in [-0.25, -0.2) is 13.4 Å². The molecule has 11 heteroatoms. The second-order valence-electron chi connectivity index (χ2n) is 6.75. The summed E-state index contributed by atoms with van der Waals surface area (Å²) in [4.78, 5) is 28.5. The first kappa shape index (κ1) is 20.2. The molecule has 0 saturated carbocycles. The number of fused-ring (bicyclic) bond motifs is 1. The fourth-order valence-corrected chi connectivity index (χ4v) is 6.60. The summed E-state index contributed by atoms with van der Waals surface area (Å²) < 4.78 is 29.8. The molecule has 1 saturated heterocycles.